The standard InChI is InChI=1S/C20H20N6/c1-25-15-18(20(24-25)17-7-10-21-11-8-17)14-22-13-16-3-5-19(6-4-16)26-12-2-9-23-26/h2-12,15,22H,13-14H2,1H3. The molecule has 6 heteroatoms. The van der Waals surface area contributed by atoms with Crippen LogP contribution in [0.4, 0.5) is 0 Å². The summed E-state index contributed by atoms with van der Waals surface area (Å²) in [5.74, 6) is 0. The molecule has 0 bridgehead atoms. The zero-order chi connectivity index (χ0) is 17.8. The Hall–Kier alpha value is -3.25. The van der Waals surface area contributed by atoms with Gasteiger partial charge >= 0.3 is 0 Å². The third-order valence-electron chi connectivity index (χ3n) is 4.21. The minimum absolute atomic E-state index is 0.756. The topological polar surface area (TPSA) is 60.6 Å². The van der Waals surface area contributed by atoms with E-state index < -0.39 is 0 Å². The van der Waals surface area contributed by atoms with Crippen LogP contribution in [0, 0.1) is 0 Å². The molecule has 4 aromatic rings. The molecular weight excluding hydrogens is 324 g/mol. The van der Waals surface area contributed by atoms with Gasteiger partial charge in [-0.3, -0.25) is 9.67 Å². The van der Waals surface area contributed by atoms with Crippen LogP contribution in [0.25, 0.3) is 16.9 Å². The molecule has 26 heavy (non-hydrogen) atoms. The zero-order valence-electron chi connectivity index (χ0n) is 14.6. The number of pyridine rings is 1. The van der Waals surface area contributed by atoms with Crippen LogP contribution in [0.15, 0.2) is 73.4 Å². The second-order valence-corrected chi connectivity index (χ2v) is 6.13. The molecule has 1 N–H and O–H groups in total. The van der Waals surface area contributed by atoms with E-state index >= 15 is 0 Å². The van der Waals surface area contributed by atoms with Crippen molar-refractivity contribution < 1.29 is 0 Å². The summed E-state index contributed by atoms with van der Waals surface area (Å²) >= 11 is 0. The Kier molecular flexibility index (Phi) is 4.57. The van der Waals surface area contributed by atoms with E-state index in [1.54, 1.807) is 18.6 Å². The van der Waals surface area contributed by atoms with E-state index in [0.717, 1.165) is 30.0 Å². The summed E-state index contributed by atoms with van der Waals surface area (Å²) in [5, 5.41) is 12.3. The maximum atomic E-state index is 4.59. The van der Waals surface area contributed by atoms with Crippen molar-refractivity contribution in [1.82, 2.24) is 29.9 Å². The van der Waals surface area contributed by atoms with Crippen LogP contribution in [0.5, 0.6) is 0 Å². The van der Waals surface area contributed by atoms with Gasteiger partial charge in [0.15, 0.2) is 0 Å². The van der Waals surface area contributed by atoms with Gasteiger partial charge in [0.2, 0.25) is 0 Å². The van der Waals surface area contributed by atoms with Crippen LogP contribution in [0.2, 0.25) is 0 Å². The Balaban J connectivity index is 1.41. The fourth-order valence-corrected chi connectivity index (χ4v) is 2.95. The first-order chi connectivity index (χ1) is 12.8. The van der Waals surface area contributed by atoms with E-state index in [4.69, 9.17) is 0 Å². The molecule has 0 amide bonds. The van der Waals surface area contributed by atoms with Crippen molar-refractivity contribution in [1.29, 1.82) is 0 Å². The van der Waals surface area contributed by atoms with Crippen molar-refractivity contribution in [2.45, 2.75) is 13.1 Å². The number of hydrogen-bond acceptors (Lipinski definition) is 4. The number of nitrogens with zero attached hydrogens (tertiary/aromatic N) is 5. The van der Waals surface area contributed by atoms with Crippen LogP contribution < -0.4 is 5.32 Å². The van der Waals surface area contributed by atoms with Crippen LogP contribution >= 0.6 is 0 Å². The quantitative estimate of drug-likeness (QED) is 0.584. The Morgan fingerprint density at radius 3 is 2.50 bits per heavy atom. The van der Waals surface area contributed by atoms with Gasteiger partial charge in [-0.25, -0.2) is 4.68 Å². The molecule has 0 aliphatic carbocycles. The van der Waals surface area contributed by atoms with Gasteiger partial charge in [-0.2, -0.15) is 10.2 Å². The molecule has 0 aliphatic rings. The fraction of sp³-hybridized carbons (Fsp3) is 0.150. The Morgan fingerprint density at radius 2 is 1.77 bits per heavy atom. The highest BCUT2D eigenvalue weighted by Gasteiger charge is 2.09. The van der Waals surface area contributed by atoms with E-state index in [0.29, 0.717) is 0 Å². The minimum atomic E-state index is 0.756. The largest absolute Gasteiger partial charge is 0.308 e. The molecular formula is C20H20N6. The smallest absolute Gasteiger partial charge is 0.0969 e. The number of benzene rings is 1. The lowest BCUT2D eigenvalue weighted by molar-refractivity contribution is 0.692. The molecule has 0 saturated heterocycles. The van der Waals surface area contributed by atoms with E-state index in [-0.39, 0.29) is 0 Å². The molecule has 3 heterocycles. The average molecular weight is 344 g/mol. The highest BCUT2D eigenvalue weighted by Crippen LogP contribution is 2.21. The van der Waals surface area contributed by atoms with Crippen molar-refractivity contribution in [3.63, 3.8) is 0 Å². The summed E-state index contributed by atoms with van der Waals surface area (Å²) < 4.78 is 3.71. The van der Waals surface area contributed by atoms with Crippen LogP contribution in [-0.2, 0) is 20.1 Å². The predicted octanol–water partition coefficient (Wildman–Crippen LogP) is 2.96. The number of aromatic nitrogens is 5. The summed E-state index contributed by atoms with van der Waals surface area (Å²) in [5.41, 5.74) is 5.55. The molecule has 0 spiro atoms. The van der Waals surface area contributed by atoms with Crippen molar-refractivity contribution in [2.75, 3.05) is 0 Å². The van der Waals surface area contributed by atoms with Crippen molar-refractivity contribution in [3.8, 4) is 16.9 Å². The second kappa shape index (κ2) is 7.33. The second-order valence-electron chi connectivity index (χ2n) is 6.13. The van der Waals surface area contributed by atoms with Crippen molar-refractivity contribution in [2.24, 2.45) is 7.05 Å². The van der Waals surface area contributed by atoms with E-state index in [1.807, 2.05) is 40.8 Å². The lowest BCUT2D eigenvalue weighted by Crippen LogP contribution is -2.13. The summed E-state index contributed by atoms with van der Waals surface area (Å²) in [4.78, 5) is 4.08. The molecule has 3 aromatic heterocycles. The third-order valence-corrected chi connectivity index (χ3v) is 4.21. The molecule has 0 aliphatic heterocycles. The Bertz CT molecular complexity index is 955. The number of nitrogens with one attached hydrogen (secondary N) is 1. The molecule has 6 nitrogen and oxygen atoms in total. The average Bonchev–Trinajstić information content (AvgIpc) is 3.33. The monoisotopic (exact) mass is 344 g/mol. The summed E-state index contributed by atoms with van der Waals surface area (Å²) in [7, 11) is 1.95. The summed E-state index contributed by atoms with van der Waals surface area (Å²) in [6.45, 7) is 1.55. The van der Waals surface area contributed by atoms with Gasteiger partial charge in [-0.15, -0.1) is 0 Å². The number of hydrogen-bond donors (Lipinski definition) is 1. The minimum Gasteiger partial charge on any atom is -0.308 e. The maximum absolute atomic E-state index is 4.59. The van der Waals surface area contributed by atoms with Gasteiger partial charge in [0.05, 0.1) is 11.4 Å². The normalized spacial score (nSPS) is 11.0. The first kappa shape index (κ1) is 16.2. The lowest BCUT2D eigenvalue weighted by atomic mass is 10.1. The van der Waals surface area contributed by atoms with E-state index in [9.17, 15) is 0 Å². The zero-order valence-corrected chi connectivity index (χ0v) is 14.6. The molecule has 0 fully saturated rings. The number of aryl methyl sites for hydroxylation is 1. The predicted molar refractivity (Wildman–Crippen MR) is 101 cm³/mol. The number of rotatable bonds is 6. The van der Waals surface area contributed by atoms with Crippen molar-refractivity contribution >= 4 is 0 Å². The SMILES string of the molecule is Cn1cc(CNCc2ccc(-n3cccn3)cc2)c(-c2ccncc2)n1. The fourth-order valence-electron chi connectivity index (χ4n) is 2.95. The molecule has 4 rings (SSSR count). The van der Waals surface area contributed by atoms with Crippen LogP contribution in [0.1, 0.15) is 11.1 Å². The Labute approximate surface area is 152 Å². The molecule has 0 saturated carbocycles. The molecule has 0 atom stereocenters. The molecule has 0 radical (unpaired) electrons. The maximum Gasteiger partial charge on any atom is 0.0969 e. The van der Waals surface area contributed by atoms with Crippen LogP contribution in [0.3, 0.4) is 0 Å². The molecule has 0 unspecified atom stereocenters. The van der Waals surface area contributed by atoms with Crippen molar-refractivity contribution in [3.05, 3.63) is 84.6 Å². The van der Waals surface area contributed by atoms with Crippen LogP contribution in [-0.4, -0.2) is 24.5 Å². The lowest BCUT2D eigenvalue weighted by Gasteiger charge is -2.07. The molecule has 130 valence electrons. The highest BCUT2D eigenvalue weighted by molar-refractivity contribution is 5.61. The van der Waals surface area contributed by atoms with Gasteiger partial charge in [-0.05, 0) is 35.9 Å². The first-order valence-electron chi connectivity index (χ1n) is 8.52. The van der Waals surface area contributed by atoms with E-state index in [1.165, 1.54) is 11.1 Å². The Morgan fingerprint density at radius 1 is 0.962 bits per heavy atom. The van der Waals surface area contributed by atoms with E-state index in [2.05, 4.69) is 51.0 Å². The molecule has 1 aromatic carbocycles. The summed E-state index contributed by atoms with van der Waals surface area (Å²) in [6, 6.07) is 14.3. The highest BCUT2D eigenvalue weighted by atomic mass is 15.3. The van der Waals surface area contributed by atoms with Gasteiger partial charge in [-0.1, -0.05) is 12.1 Å². The van der Waals surface area contributed by atoms with Gasteiger partial charge in [0.1, 0.15) is 0 Å². The van der Waals surface area contributed by atoms with Gasteiger partial charge < -0.3 is 5.32 Å². The van der Waals surface area contributed by atoms with Gasteiger partial charge in [0, 0.05) is 62.2 Å². The third kappa shape index (κ3) is 3.55. The first-order valence-corrected chi connectivity index (χ1v) is 8.52. The van der Waals surface area contributed by atoms with Gasteiger partial charge in [0.25, 0.3) is 0 Å². The summed E-state index contributed by atoms with van der Waals surface area (Å²) in [6.07, 6.45) is 9.37.